The highest BCUT2D eigenvalue weighted by molar-refractivity contribution is 7.47. The van der Waals surface area contributed by atoms with Crippen molar-refractivity contribution in [3.63, 3.8) is 0 Å². The summed E-state index contributed by atoms with van der Waals surface area (Å²) in [6.45, 7) is 4.75. The zero-order chi connectivity index (χ0) is 74.6. The molecular formula is C83H146O17P2. The van der Waals surface area contributed by atoms with Crippen LogP contribution < -0.4 is 0 Å². The first-order valence-electron chi connectivity index (χ1n) is 40.5. The first kappa shape index (κ1) is 98.0. The third-order valence-electron chi connectivity index (χ3n) is 17.0. The van der Waals surface area contributed by atoms with Crippen molar-refractivity contribution in [1.82, 2.24) is 0 Å². The standard InChI is InChI=1S/C83H146O17P2/c1-5-9-13-17-21-25-29-33-36-37-38-39-42-46-50-54-58-62-66-70-83(88)100-78(73-93-80(85)67-63-59-55-51-47-43-32-28-24-20-16-12-8-4)75-97-101(89,90)95-71-77(84)72-96-102(91,92)98-76-79(99-82(87)69-65-61-57-53-49-45-41-35-31-27-23-19-15-11-7-3)74-94-81(86)68-64-60-56-52-48-44-40-34-30-26-22-18-14-10-6-2/h21,25-26,28,30,32-33,35-36,38-39,41,46,50,58,62,77-79,84H,5-20,22-24,27,29,31,34,37,40,42-45,47-49,51-57,59-61,63-76H2,1-4H3,(H,89,90)(H,91,92)/b25-21-,30-26-,32-28-,36-33-,39-38-,41-35-,50-46-,62-58-/t77-,78+,79+/m0/s1. The highest BCUT2D eigenvalue weighted by atomic mass is 31.2. The highest BCUT2D eigenvalue weighted by Crippen LogP contribution is 2.45. The molecule has 590 valence electrons. The van der Waals surface area contributed by atoms with Gasteiger partial charge in [0.05, 0.1) is 26.4 Å². The summed E-state index contributed by atoms with van der Waals surface area (Å²) in [4.78, 5) is 73.0. The molecule has 2 unspecified atom stereocenters. The number of carbonyl (C=O) groups excluding carboxylic acids is 4. The van der Waals surface area contributed by atoms with Gasteiger partial charge in [0.2, 0.25) is 0 Å². The van der Waals surface area contributed by atoms with E-state index in [1.165, 1.54) is 122 Å². The summed E-state index contributed by atoms with van der Waals surface area (Å²) in [5.74, 6) is -2.28. The van der Waals surface area contributed by atoms with E-state index in [0.29, 0.717) is 32.1 Å². The van der Waals surface area contributed by atoms with E-state index in [4.69, 9.17) is 37.0 Å². The fraction of sp³-hybridized carbons (Fsp3) is 0.759. The van der Waals surface area contributed by atoms with Crippen molar-refractivity contribution in [1.29, 1.82) is 0 Å². The maximum atomic E-state index is 13.1. The van der Waals surface area contributed by atoms with Crippen LogP contribution in [0.4, 0.5) is 0 Å². The van der Waals surface area contributed by atoms with E-state index >= 15 is 0 Å². The molecule has 0 aliphatic carbocycles. The van der Waals surface area contributed by atoms with Gasteiger partial charge >= 0.3 is 39.5 Å². The summed E-state index contributed by atoms with van der Waals surface area (Å²) in [6.07, 6.45) is 79.7. The predicted octanol–water partition coefficient (Wildman–Crippen LogP) is 23.6. The molecule has 0 saturated heterocycles. The van der Waals surface area contributed by atoms with Crippen molar-refractivity contribution < 1.29 is 80.2 Å². The molecule has 19 heteroatoms. The van der Waals surface area contributed by atoms with Gasteiger partial charge in [0.25, 0.3) is 0 Å². The Hall–Kier alpha value is -4.02. The highest BCUT2D eigenvalue weighted by Gasteiger charge is 2.30. The number of esters is 4. The molecule has 0 radical (unpaired) electrons. The van der Waals surface area contributed by atoms with Gasteiger partial charge < -0.3 is 33.8 Å². The minimum atomic E-state index is -5.00. The van der Waals surface area contributed by atoms with Crippen LogP contribution in [0.3, 0.4) is 0 Å². The molecule has 102 heavy (non-hydrogen) atoms. The Balaban J connectivity index is 5.42. The van der Waals surface area contributed by atoms with Crippen LogP contribution in [0, 0.1) is 0 Å². The minimum Gasteiger partial charge on any atom is -0.462 e. The molecule has 0 aliphatic heterocycles. The molecule has 0 amide bonds. The predicted molar refractivity (Wildman–Crippen MR) is 418 cm³/mol. The van der Waals surface area contributed by atoms with E-state index in [0.717, 1.165) is 141 Å². The number of carbonyl (C=O) groups is 4. The van der Waals surface area contributed by atoms with Crippen molar-refractivity contribution in [3.05, 3.63) is 97.2 Å². The molecule has 0 aliphatic rings. The fourth-order valence-corrected chi connectivity index (χ4v) is 12.4. The van der Waals surface area contributed by atoms with Gasteiger partial charge in [-0.05, 0) is 141 Å². The Labute approximate surface area is 620 Å². The molecule has 0 aromatic heterocycles. The van der Waals surface area contributed by atoms with Gasteiger partial charge in [-0.15, -0.1) is 0 Å². The van der Waals surface area contributed by atoms with Crippen LogP contribution in [-0.2, 0) is 65.4 Å². The van der Waals surface area contributed by atoms with Crippen LogP contribution in [0.5, 0.6) is 0 Å². The maximum Gasteiger partial charge on any atom is 0.472 e. The summed E-state index contributed by atoms with van der Waals surface area (Å²) in [5, 5.41) is 10.6. The van der Waals surface area contributed by atoms with Gasteiger partial charge in [-0.25, -0.2) is 9.13 Å². The van der Waals surface area contributed by atoms with E-state index in [-0.39, 0.29) is 25.7 Å². The number of allylic oxidation sites excluding steroid dienone is 16. The van der Waals surface area contributed by atoms with Crippen molar-refractivity contribution in [2.45, 2.75) is 367 Å². The SMILES string of the molecule is CCCCC/C=C\C/C=C\C/C=C\C/C=C\C/C=C\CCC(=O)O[C@H](COC(=O)CCCCCCC/C=C\CCCCCC)COP(=O)(O)OC[C@H](O)COP(=O)(O)OC[C@@H](COC(=O)CCCCCCCCC/C=C\CCCCCC)OC(=O)CCCCCCC/C=C\CCCCCCCC. The summed E-state index contributed by atoms with van der Waals surface area (Å²) in [6, 6.07) is 0. The quantitative estimate of drug-likeness (QED) is 0.0169. The van der Waals surface area contributed by atoms with Crippen LogP contribution in [0.2, 0.25) is 0 Å². The third-order valence-corrected chi connectivity index (χ3v) is 18.9. The van der Waals surface area contributed by atoms with E-state index in [1.807, 2.05) is 18.2 Å². The molecule has 3 N–H and O–H groups in total. The zero-order valence-electron chi connectivity index (χ0n) is 64.5. The van der Waals surface area contributed by atoms with E-state index in [2.05, 4.69) is 107 Å². The van der Waals surface area contributed by atoms with Crippen LogP contribution in [0.1, 0.15) is 349 Å². The average molecular weight is 1480 g/mol. The number of phosphoric ester groups is 2. The molecule has 0 fully saturated rings. The molecule has 0 aromatic carbocycles. The lowest BCUT2D eigenvalue weighted by molar-refractivity contribution is -0.161. The molecule has 0 heterocycles. The molecular weight excluding hydrogens is 1330 g/mol. The molecule has 0 aromatic rings. The summed E-state index contributed by atoms with van der Waals surface area (Å²) < 4.78 is 68.5. The Kier molecular flexibility index (Phi) is 72.3. The molecule has 0 saturated carbocycles. The zero-order valence-corrected chi connectivity index (χ0v) is 66.3. The topological polar surface area (TPSA) is 237 Å². The number of ether oxygens (including phenoxy) is 4. The smallest absolute Gasteiger partial charge is 0.462 e. The minimum absolute atomic E-state index is 0.0297. The lowest BCUT2D eigenvalue weighted by Gasteiger charge is -2.21. The van der Waals surface area contributed by atoms with Gasteiger partial charge in [-0.3, -0.25) is 37.3 Å². The number of unbranched alkanes of at least 4 members (excludes halogenated alkanes) is 34. The Morgan fingerprint density at radius 1 is 0.275 bits per heavy atom. The number of aliphatic hydroxyl groups is 1. The van der Waals surface area contributed by atoms with Crippen LogP contribution in [0.15, 0.2) is 97.2 Å². The molecule has 0 spiro atoms. The second kappa shape index (κ2) is 75.2. The van der Waals surface area contributed by atoms with Crippen molar-refractivity contribution in [3.8, 4) is 0 Å². The van der Waals surface area contributed by atoms with Crippen LogP contribution >= 0.6 is 15.6 Å². The van der Waals surface area contributed by atoms with E-state index in [1.54, 1.807) is 0 Å². The average Bonchev–Trinajstić information content (AvgIpc) is 0.924. The second-order valence-electron chi connectivity index (χ2n) is 27.0. The number of phosphoric acid groups is 2. The number of rotatable bonds is 76. The van der Waals surface area contributed by atoms with Gasteiger partial charge in [0.1, 0.15) is 19.3 Å². The Morgan fingerprint density at radius 2 is 0.500 bits per heavy atom. The first-order valence-corrected chi connectivity index (χ1v) is 43.5. The molecule has 17 nitrogen and oxygen atoms in total. The largest absolute Gasteiger partial charge is 0.472 e. The van der Waals surface area contributed by atoms with Crippen molar-refractivity contribution >= 4 is 39.5 Å². The first-order chi connectivity index (χ1) is 49.7. The Bertz CT molecular complexity index is 2310. The van der Waals surface area contributed by atoms with Gasteiger partial charge in [0, 0.05) is 25.7 Å². The normalized spacial score (nSPS) is 14.4. The fourth-order valence-electron chi connectivity index (χ4n) is 10.8. The maximum absolute atomic E-state index is 13.1. The Morgan fingerprint density at radius 3 is 0.833 bits per heavy atom. The van der Waals surface area contributed by atoms with Gasteiger partial charge in [-0.2, -0.15) is 0 Å². The van der Waals surface area contributed by atoms with E-state index < -0.39 is 97.5 Å². The third kappa shape index (κ3) is 74.3. The van der Waals surface area contributed by atoms with E-state index in [9.17, 15) is 43.2 Å². The van der Waals surface area contributed by atoms with Crippen LogP contribution in [-0.4, -0.2) is 96.7 Å². The summed E-state index contributed by atoms with van der Waals surface area (Å²) >= 11 is 0. The molecule has 0 rings (SSSR count). The van der Waals surface area contributed by atoms with Gasteiger partial charge in [0.15, 0.2) is 12.2 Å². The number of hydrogen-bond acceptors (Lipinski definition) is 15. The second-order valence-corrected chi connectivity index (χ2v) is 29.9. The monoisotopic (exact) mass is 1480 g/mol. The molecule has 0 bridgehead atoms. The van der Waals surface area contributed by atoms with Crippen LogP contribution in [0.25, 0.3) is 0 Å². The lowest BCUT2D eigenvalue weighted by atomic mass is 10.1. The van der Waals surface area contributed by atoms with Crippen molar-refractivity contribution in [2.75, 3.05) is 39.6 Å². The summed E-state index contributed by atoms with van der Waals surface area (Å²) in [7, 11) is -9.98. The number of hydrogen-bond donors (Lipinski definition) is 3. The summed E-state index contributed by atoms with van der Waals surface area (Å²) in [5.41, 5.74) is 0. The van der Waals surface area contributed by atoms with Crippen molar-refractivity contribution in [2.24, 2.45) is 0 Å². The van der Waals surface area contributed by atoms with Gasteiger partial charge in [-0.1, -0.05) is 279 Å². The lowest BCUT2D eigenvalue weighted by Crippen LogP contribution is -2.30. The number of aliphatic hydroxyl groups excluding tert-OH is 1. The molecule has 5 atom stereocenters.